The van der Waals surface area contributed by atoms with E-state index in [0.29, 0.717) is 23.6 Å². The van der Waals surface area contributed by atoms with Crippen molar-refractivity contribution in [2.75, 3.05) is 12.4 Å². The average molecular weight is 285 g/mol. The maximum Gasteiger partial charge on any atom is 0.341 e. The van der Waals surface area contributed by atoms with Gasteiger partial charge in [-0.25, -0.2) is 4.79 Å². The number of rotatable bonds is 4. The fourth-order valence-corrected chi connectivity index (χ4v) is 2.18. The van der Waals surface area contributed by atoms with Crippen molar-refractivity contribution in [3.63, 3.8) is 0 Å². The van der Waals surface area contributed by atoms with Crippen LogP contribution in [-0.2, 0) is 11.3 Å². The lowest BCUT2D eigenvalue weighted by Gasteiger charge is -2.04. The van der Waals surface area contributed by atoms with Crippen LogP contribution < -0.4 is 5.32 Å². The van der Waals surface area contributed by atoms with E-state index in [-0.39, 0.29) is 5.97 Å². The second-order valence-electron chi connectivity index (χ2n) is 4.70. The lowest BCUT2D eigenvalue weighted by molar-refractivity contribution is 0.0599. The zero-order valence-corrected chi connectivity index (χ0v) is 11.8. The Kier molecular flexibility index (Phi) is 3.35. The molecule has 2 N–H and O–H groups in total. The van der Waals surface area contributed by atoms with Crippen LogP contribution in [0.15, 0.2) is 34.9 Å². The minimum absolute atomic E-state index is 0.388. The molecule has 3 aromatic rings. The largest absolute Gasteiger partial charge is 0.465 e. The highest BCUT2D eigenvalue weighted by molar-refractivity contribution is 5.90. The molecule has 108 valence electrons. The Bertz CT molecular complexity index is 788. The van der Waals surface area contributed by atoms with Crippen LogP contribution in [0.1, 0.15) is 21.9 Å². The standard InChI is InChI=1S/C15H15N3O3/c1-9-13(15(19)20-2)6-12(21-9)8-16-11-4-3-10-7-17-18-14(10)5-11/h3-7,16H,8H2,1-2H3,(H,17,18). The SMILES string of the molecule is COC(=O)c1cc(CNc2ccc3cn[nH]c3c2)oc1C. The second-order valence-corrected chi connectivity index (χ2v) is 4.70. The molecule has 21 heavy (non-hydrogen) atoms. The number of esters is 1. The van der Waals surface area contributed by atoms with Gasteiger partial charge >= 0.3 is 5.97 Å². The van der Waals surface area contributed by atoms with Crippen molar-refractivity contribution in [3.05, 3.63) is 47.5 Å². The van der Waals surface area contributed by atoms with E-state index in [2.05, 4.69) is 15.5 Å². The van der Waals surface area contributed by atoms with Gasteiger partial charge < -0.3 is 14.5 Å². The number of benzene rings is 1. The molecule has 0 atom stereocenters. The monoisotopic (exact) mass is 285 g/mol. The van der Waals surface area contributed by atoms with Crippen LogP contribution in [0.4, 0.5) is 5.69 Å². The summed E-state index contributed by atoms with van der Waals surface area (Å²) in [5, 5.41) is 11.2. The molecule has 2 heterocycles. The number of nitrogens with one attached hydrogen (secondary N) is 2. The third kappa shape index (κ3) is 2.60. The Morgan fingerprint density at radius 3 is 3.10 bits per heavy atom. The summed E-state index contributed by atoms with van der Waals surface area (Å²) in [4.78, 5) is 11.5. The Hall–Kier alpha value is -2.76. The number of methoxy groups -OCH3 is 1. The number of aromatic amines is 1. The van der Waals surface area contributed by atoms with Crippen molar-refractivity contribution in [2.24, 2.45) is 0 Å². The number of H-pyrrole nitrogens is 1. The minimum Gasteiger partial charge on any atom is -0.465 e. The van der Waals surface area contributed by atoms with Crippen LogP contribution in [0.25, 0.3) is 10.9 Å². The summed E-state index contributed by atoms with van der Waals surface area (Å²) in [5.41, 5.74) is 2.37. The van der Waals surface area contributed by atoms with Gasteiger partial charge in [-0.2, -0.15) is 5.10 Å². The number of aromatic nitrogens is 2. The summed E-state index contributed by atoms with van der Waals surface area (Å²) in [7, 11) is 1.35. The van der Waals surface area contributed by atoms with Crippen molar-refractivity contribution in [1.29, 1.82) is 0 Å². The van der Waals surface area contributed by atoms with Crippen molar-refractivity contribution < 1.29 is 13.9 Å². The van der Waals surface area contributed by atoms with Gasteiger partial charge in [0.2, 0.25) is 0 Å². The van der Waals surface area contributed by atoms with E-state index in [0.717, 1.165) is 16.6 Å². The molecule has 0 bridgehead atoms. The number of ether oxygens (including phenoxy) is 1. The van der Waals surface area contributed by atoms with E-state index in [9.17, 15) is 4.79 Å². The van der Waals surface area contributed by atoms with E-state index >= 15 is 0 Å². The zero-order chi connectivity index (χ0) is 14.8. The number of carbonyl (C=O) groups is 1. The Morgan fingerprint density at radius 2 is 2.29 bits per heavy atom. The molecule has 0 saturated heterocycles. The first-order valence-electron chi connectivity index (χ1n) is 6.52. The number of fused-ring (bicyclic) bond motifs is 1. The van der Waals surface area contributed by atoms with Crippen LogP contribution in [0.5, 0.6) is 0 Å². The van der Waals surface area contributed by atoms with Crippen LogP contribution in [0.3, 0.4) is 0 Å². The van der Waals surface area contributed by atoms with Crippen LogP contribution >= 0.6 is 0 Å². The fourth-order valence-electron chi connectivity index (χ4n) is 2.18. The zero-order valence-electron chi connectivity index (χ0n) is 11.8. The van der Waals surface area contributed by atoms with Crippen molar-refractivity contribution >= 4 is 22.6 Å². The summed E-state index contributed by atoms with van der Waals surface area (Å²) in [6, 6.07) is 7.62. The number of carbonyl (C=O) groups excluding carboxylic acids is 1. The highest BCUT2D eigenvalue weighted by atomic mass is 16.5. The highest BCUT2D eigenvalue weighted by Gasteiger charge is 2.15. The van der Waals surface area contributed by atoms with Gasteiger partial charge in [-0.1, -0.05) is 0 Å². The van der Waals surface area contributed by atoms with E-state index < -0.39 is 0 Å². The maximum atomic E-state index is 11.5. The molecular weight excluding hydrogens is 270 g/mol. The van der Waals surface area contributed by atoms with E-state index in [1.807, 2.05) is 18.2 Å². The third-order valence-electron chi connectivity index (χ3n) is 3.28. The lowest BCUT2D eigenvalue weighted by atomic mass is 10.2. The second kappa shape index (κ2) is 5.32. The molecule has 6 heteroatoms. The molecule has 0 aliphatic heterocycles. The van der Waals surface area contributed by atoms with Crippen molar-refractivity contribution in [2.45, 2.75) is 13.5 Å². The molecule has 0 fully saturated rings. The number of aryl methyl sites for hydroxylation is 1. The third-order valence-corrected chi connectivity index (χ3v) is 3.28. The molecule has 0 saturated carbocycles. The van der Waals surface area contributed by atoms with Gasteiger partial charge in [0.05, 0.1) is 25.4 Å². The number of nitrogens with zero attached hydrogens (tertiary/aromatic N) is 1. The number of hydrogen-bond donors (Lipinski definition) is 2. The smallest absolute Gasteiger partial charge is 0.341 e. The first-order valence-corrected chi connectivity index (χ1v) is 6.52. The van der Waals surface area contributed by atoms with E-state index in [4.69, 9.17) is 9.15 Å². The molecule has 6 nitrogen and oxygen atoms in total. The lowest BCUT2D eigenvalue weighted by Crippen LogP contribution is -2.01. The molecule has 0 aliphatic carbocycles. The summed E-state index contributed by atoms with van der Waals surface area (Å²) < 4.78 is 10.3. The normalized spacial score (nSPS) is 10.8. The van der Waals surface area contributed by atoms with Gasteiger partial charge in [-0.3, -0.25) is 5.10 Å². The molecule has 2 aromatic heterocycles. The van der Waals surface area contributed by atoms with Crippen LogP contribution in [-0.4, -0.2) is 23.3 Å². The molecule has 3 rings (SSSR count). The first kappa shape index (κ1) is 13.2. The number of anilines is 1. The number of hydrogen-bond acceptors (Lipinski definition) is 5. The Labute approximate surface area is 121 Å². The van der Waals surface area contributed by atoms with Crippen molar-refractivity contribution in [3.8, 4) is 0 Å². The molecule has 0 radical (unpaired) electrons. The van der Waals surface area contributed by atoms with E-state index in [1.165, 1.54) is 7.11 Å². The van der Waals surface area contributed by atoms with Crippen LogP contribution in [0.2, 0.25) is 0 Å². The summed E-state index contributed by atoms with van der Waals surface area (Å²) in [6.45, 7) is 2.23. The van der Waals surface area contributed by atoms with Gasteiger partial charge in [-0.05, 0) is 31.2 Å². The summed E-state index contributed by atoms with van der Waals surface area (Å²) in [5.74, 6) is 0.849. The van der Waals surface area contributed by atoms with Gasteiger partial charge in [0, 0.05) is 11.1 Å². The molecule has 0 aliphatic rings. The minimum atomic E-state index is -0.388. The van der Waals surface area contributed by atoms with E-state index in [1.54, 1.807) is 19.2 Å². The van der Waals surface area contributed by atoms with Gasteiger partial charge in [-0.15, -0.1) is 0 Å². The summed E-state index contributed by atoms with van der Waals surface area (Å²) in [6.07, 6.45) is 1.78. The van der Waals surface area contributed by atoms with Gasteiger partial charge in [0.15, 0.2) is 0 Å². The van der Waals surface area contributed by atoms with Crippen molar-refractivity contribution in [1.82, 2.24) is 10.2 Å². The molecular formula is C15H15N3O3. The number of furan rings is 1. The Morgan fingerprint density at radius 1 is 1.43 bits per heavy atom. The predicted octanol–water partition coefficient (Wildman–Crippen LogP) is 2.86. The predicted molar refractivity (Wildman–Crippen MR) is 78.2 cm³/mol. The maximum absolute atomic E-state index is 11.5. The molecule has 0 spiro atoms. The molecule has 0 amide bonds. The molecule has 1 aromatic carbocycles. The fraction of sp³-hybridized carbons (Fsp3) is 0.200. The van der Waals surface area contributed by atoms with Crippen LogP contribution in [0, 0.1) is 6.92 Å². The first-order chi connectivity index (χ1) is 10.2. The van der Waals surface area contributed by atoms with Gasteiger partial charge in [0.25, 0.3) is 0 Å². The average Bonchev–Trinajstić information content (AvgIpc) is 3.10. The Balaban J connectivity index is 1.73. The van der Waals surface area contributed by atoms with Gasteiger partial charge in [0.1, 0.15) is 17.1 Å². The summed E-state index contributed by atoms with van der Waals surface area (Å²) >= 11 is 0. The quantitative estimate of drug-likeness (QED) is 0.720. The topological polar surface area (TPSA) is 80.1 Å². The highest BCUT2D eigenvalue weighted by Crippen LogP contribution is 2.19. The molecule has 0 unspecified atom stereocenters.